The van der Waals surface area contributed by atoms with E-state index in [9.17, 15) is 4.79 Å². The quantitative estimate of drug-likeness (QED) is 0.774. The van der Waals surface area contributed by atoms with Crippen LogP contribution in [-0.4, -0.2) is 25.1 Å². The third-order valence-corrected chi connectivity index (χ3v) is 3.18. The van der Waals surface area contributed by atoms with Crippen LogP contribution < -0.4 is 15.4 Å². The van der Waals surface area contributed by atoms with Crippen molar-refractivity contribution >= 4 is 17.5 Å². The van der Waals surface area contributed by atoms with Crippen molar-refractivity contribution in [2.24, 2.45) is 0 Å². The van der Waals surface area contributed by atoms with Gasteiger partial charge in [0.05, 0.1) is 0 Å². The number of nitrogens with one attached hydrogen (secondary N) is 2. The maximum absolute atomic E-state index is 11.7. The van der Waals surface area contributed by atoms with Gasteiger partial charge in [-0.2, -0.15) is 0 Å². The highest BCUT2D eigenvalue weighted by atomic mass is 35.5. The first kappa shape index (κ1) is 17.8. The zero-order chi connectivity index (χ0) is 15.8. The number of carbonyl (C=O) groups excluding carboxylic acids is 1. The average Bonchev–Trinajstić information content (AvgIpc) is 2.42. The van der Waals surface area contributed by atoms with Crippen LogP contribution in [0.25, 0.3) is 0 Å². The van der Waals surface area contributed by atoms with Crippen LogP contribution in [0.1, 0.15) is 45.7 Å². The van der Waals surface area contributed by atoms with Crippen molar-refractivity contribution in [3.63, 3.8) is 0 Å². The maximum atomic E-state index is 11.7. The van der Waals surface area contributed by atoms with Crippen LogP contribution in [0, 0.1) is 0 Å². The van der Waals surface area contributed by atoms with Gasteiger partial charge in [-0.25, -0.2) is 0 Å². The lowest BCUT2D eigenvalue weighted by molar-refractivity contribution is -0.123. The van der Waals surface area contributed by atoms with Gasteiger partial charge in [-0.3, -0.25) is 4.79 Å². The van der Waals surface area contributed by atoms with Crippen LogP contribution in [-0.2, 0) is 4.79 Å². The summed E-state index contributed by atoms with van der Waals surface area (Å²) in [5.41, 5.74) is 0.966. The molecule has 0 saturated heterocycles. The third-order valence-electron chi connectivity index (χ3n) is 2.95. The monoisotopic (exact) mass is 312 g/mol. The van der Waals surface area contributed by atoms with Gasteiger partial charge in [0.2, 0.25) is 0 Å². The van der Waals surface area contributed by atoms with Crippen molar-refractivity contribution in [2.45, 2.75) is 46.2 Å². The molecule has 1 atom stereocenters. The third kappa shape index (κ3) is 6.36. The molecule has 0 radical (unpaired) electrons. The molecule has 1 aromatic carbocycles. The molecular formula is C16H25ClN2O2. The second kappa shape index (κ2) is 8.90. The first-order valence-corrected chi connectivity index (χ1v) is 7.76. The summed E-state index contributed by atoms with van der Waals surface area (Å²) in [7, 11) is 0. The molecule has 1 unspecified atom stereocenters. The lowest BCUT2D eigenvalue weighted by Crippen LogP contribution is -2.34. The van der Waals surface area contributed by atoms with Crippen molar-refractivity contribution in [3.8, 4) is 5.75 Å². The van der Waals surface area contributed by atoms with E-state index >= 15 is 0 Å². The fraction of sp³-hybridized carbons (Fsp3) is 0.562. The Morgan fingerprint density at radius 1 is 1.33 bits per heavy atom. The zero-order valence-electron chi connectivity index (χ0n) is 13.2. The number of halogens is 1. The Labute approximate surface area is 132 Å². The minimum Gasteiger partial charge on any atom is -0.483 e. The smallest absolute Gasteiger partial charge is 0.258 e. The lowest BCUT2D eigenvalue weighted by atomic mass is 10.1. The molecule has 0 aromatic heterocycles. The molecule has 4 nitrogen and oxygen atoms in total. The Hall–Kier alpha value is -1.26. The van der Waals surface area contributed by atoms with Crippen LogP contribution in [0.3, 0.4) is 0 Å². The Morgan fingerprint density at radius 2 is 2.05 bits per heavy atom. The van der Waals surface area contributed by atoms with Crippen LogP contribution in [0.4, 0.5) is 0 Å². The molecule has 118 valence electrons. The van der Waals surface area contributed by atoms with E-state index in [4.69, 9.17) is 16.3 Å². The maximum Gasteiger partial charge on any atom is 0.258 e. The van der Waals surface area contributed by atoms with Crippen molar-refractivity contribution < 1.29 is 9.53 Å². The molecule has 0 saturated carbocycles. The second-order valence-electron chi connectivity index (χ2n) is 5.37. The highest BCUT2D eigenvalue weighted by Crippen LogP contribution is 2.28. The van der Waals surface area contributed by atoms with E-state index in [-0.39, 0.29) is 24.6 Å². The summed E-state index contributed by atoms with van der Waals surface area (Å²) in [6.45, 7) is 8.94. The molecule has 0 fully saturated rings. The predicted octanol–water partition coefficient (Wildman–Crippen LogP) is 3.30. The van der Waals surface area contributed by atoms with E-state index in [1.54, 1.807) is 6.07 Å². The molecular weight excluding hydrogens is 288 g/mol. The second-order valence-corrected chi connectivity index (χ2v) is 5.81. The Balaban J connectivity index is 2.74. The first-order valence-electron chi connectivity index (χ1n) is 7.39. The van der Waals surface area contributed by atoms with Crippen LogP contribution in [0.15, 0.2) is 18.2 Å². The zero-order valence-corrected chi connectivity index (χ0v) is 14.0. The van der Waals surface area contributed by atoms with Gasteiger partial charge in [0.25, 0.3) is 5.91 Å². The summed E-state index contributed by atoms with van der Waals surface area (Å²) >= 11 is 6.06. The molecule has 21 heavy (non-hydrogen) atoms. The number of hydrogen-bond donors (Lipinski definition) is 2. The summed E-state index contributed by atoms with van der Waals surface area (Å²) in [5.74, 6) is 0.564. The number of ether oxygens (including phenoxy) is 1. The number of benzene rings is 1. The first-order chi connectivity index (χ1) is 9.93. The van der Waals surface area contributed by atoms with E-state index in [0.29, 0.717) is 10.8 Å². The van der Waals surface area contributed by atoms with Gasteiger partial charge in [0.15, 0.2) is 6.61 Å². The highest BCUT2D eigenvalue weighted by molar-refractivity contribution is 6.30. The number of amides is 1. The molecule has 0 aliphatic heterocycles. The molecule has 1 rings (SSSR count). The van der Waals surface area contributed by atoms with Crippen molar-refractivity contribution in [1.82, 2.24) is 10.6 Å². The minimum absolute atomic E-state index is 0.00725. The van der Waals surface area contributed by atoms with Gasteiger partial charge in [0, 0.05) is 22.7 Å². The molecule has 2 N–H and O–H groups in total. The van der Waals surface area contributed by atoms with Crippen molar-refractivity contribution in [1.29, 1.82) is 0 Å². The van der Waals surface area contributed by atoms with Gasteiger partial charge >= 0.3 is 0 Å². The van der Waals surface area contributed by atoms with Crippen molar-refractivity contribution in [3.05, 3.63) is 28.8 Å². The summed E-state index contributed by atoms with van der Waals surface area (Å²) in [4.78, 5) is 11.7. The minimum atomic E-state index is -0.125. The fourth-order valence-electron chi connectivity index (χ4n) is 1.97. The van der Waals surface area contributed by atoms with Gasteiger partial charge in [-0.1, -0.05) is 18.5 Å². The van der Waals surface area contributed by atoms with Gasteiger partial charge < -0.3 is 15.4 Å². The standard InChI is InChI=1S/C16H25ClN2O2/c1-5-8-18-12(4)14-9-13(17)6-7-15(14)21-10-16(20)19-11(2)3/h6-7,9,11-12,18H,5,8,10H2,1-4H3,(H,19,20). The molecule has 1 amide bonds. The molecule has 0 spiro atoms. The molecule has 0 aliphatic carbocycles. The lowest BCUT2D eigenvalue weighted by Gasteiger charge is -2.18. The average molecular weight is 313 g/mol. The van der Waals surface area contributed by atoms with E-state index in [2.05, 4.69) is 24.5 Å². The molecule has 0 bridgehead atoms. The van der Waals surface area contributed by atoms with Gasteiger partial charge in [0.1, 0.15) is 5.75 Å². The van der Waals surface area contributed by atoms with Gasteiger partial charge in [-0.15, -0.1) is 0 Å². The van der Waals surface area contributed by atoms with E-state index < -0.39 is 0 Å². The van der Waals surface area contributed by atoms with E-state index in [0.717, 1.165) is 18.5 Å². The van der Waals surface area contributed by atoms with Crippen LogP contribution in [0.2, 0.25) is 5.02 Å². The summed E-state index contributed by atoms with van der Waals surface area (Å²) in [6.07, 6.45) is 1.05. The van der Waals surface area contributed by atoms with Crippen LogP contribution in [0.5, 0.6) is 5.75 Å². The Morgan fingerprint density at radius 3 is 2.67 bits per heavy atom. The fourth-order valence-corrected chi connectivity index (χ4v) is 2.15. The van der Waals surface area contributed by atoms with E-state index in [1.165, 1.54) is 0 Å². The van der Waals surface area contributed by atoms with Crippen molar-refractivity contribution in [2.75, 3.05) is 13.2 Å². The normalized spacial score (nSPS) is 12.3. The highest BCUT2D eigenvalue weighted by Gasteiger charge is 2.13. The molecule has 0 aliphatic rings. The summed E-state index contributed by atoms with van der Waals surface area (Å²) < 4.78 is 5.65. The SMILES string of the molecule is CCCNC(C)c1cc(Cl)ccc1OCC(=O)NC(C)C. The van der Waals surface area contributed by atoms with E-state index in [1.807, 2.05) is 26.0 Å². The summed E-state index contributed by atoms with van der Waals surface area (Å²) in [6, 6.07) is 5.69. The largest absolute Gasteiger partial charge is 0.483 e. The number of carbonyl (C=O) groups is 1. The summed E-state index contributed by atoms with van der Waals surface area (Å²) in [5, 5.41) is 6.86. The van der Waals surface area contributed by atoms with Crippen LogP contribution >= 0.6 is 11.6 Å². The number of rotatable bonds is 8. The molecule has 0 heterocycles. The number of hydrogen-bond acceptors (Lipinski definition) is 3. The van der Waals surface area contributed by atoms with Gasteiger partial charge in [-0.05, 0) is 51.9 Å². The predicted molar refractivity (Wildman–Crippen MR) is 86.9 cm³/mol. The molecule has 5 heteroatoms. The molecule has 1 aromatic rings. The Kier molecular flexibility index (Phi) is 7.54. The topological polar surface area (TPSA) is 50.4 Å². The Bertz CT molecular complexity index is 464.